The molecule has 0 N–H and O–H groups in total. The Hall–Kier alpha value is -4.54. The van der Waals surface area contributed by atoms with Gasteiger partial charge in [-0.15, -0.1) is 0 Å². The van der Waals surface area contributed by atoms with Crippen LogP contribution in [-0.4, -0.2) is 60.3 Å². The first-order valence-electron chi connectivity index (χ1n) is 18.0. The molecule has 0 aromatic heterocycles. The van der Waals surface area contributed by atoms with Gasteiger partial charge in [0.2, 0.25) is 0 Å². The highest BCUT2D eigenvalue weighted by molar-refractivity contribution is 5.84. The molecule has 4 aromatic carbocycles. The first-order valence-corrected chi connectivity index (χ1v) is 18.0. The molecule has 0 unspecified atom stereocenters. The second-order valence-corrected chi connectivity index (χ2v) is 14.5. The Kier molecular flexibility index (Phi) is 12.7. The molecule has 1 amide bonds. The summed E-state index contributed by atoms with van der Waals surface area (Å²) in [6.45, 7) is 7.25. The molecule has 9 nitrogen and oxygen atoms in total. The minimum Gasteiger partial charge on any atom is -0.444 e. The van der Waals surface area contributed by atoms with Crippen LogP contribution in [0.3, 0.4) is 0 Å². The molecule has 4 aromatic rings. The maximum atomic E-state index is 13.8. The molecule has 2 heterocycles. The van der Waals surface area contributed by atoms with Crippen LogP contribution in [0.25, 0.3) is 0 Å². The highest BCUT2D eigenvalue weighted by atomic mass is 16.6. The molecular weight excluding hydrogens is 658 g/mol. The highest BCUT2D eigenvalue weighted by Crippen LogP contribution is 2.37. The van der Waals surface area contributed by atoms with Gasteiger partial charge in [-0.2, -0.15) is 0 Å². The van der Waals surface area contributed by atoms with E-state index in [4.69, 9.17) is 28.4 Å². The lowest BCUT2D eigenvalue weighted by molar-refractivity contribution is -0.222. The standard InChI is InChI=1S/C43H49NO8/c1-43(2,3)41-44(42(46)50-29-34-22-14-7-15-23-34)36(40(45)52-41)24-35-25-37(48-27-32-18-10-5-11-19-32)39(49-28-33-20-12-6-13-21-33)38(51-35)30-47-26-31-16-8-4-9-17-31/h4-23,35-39,41H,24-30H2,1-3H3/t35-,36+,37-,38-,39+,41+/m1/s1. The third-order valence-corrected chi connectivity index (χ3v) is 9.31. The molecule has 0 bridgehead atoms. The molecular formula is C43H49NO8. The number of nitrogens with zero attached hydrogens (tertiary/aromatic N) is 1. The number of carbonyl (C=O) groups excluding carboxylic acids is 2. The van der Waals surface area contributed by atoms with Crippen molar-refractivity contribution < 1.29 is 38.0 Å². The second-order valence-electron chi connectivity index (χ2n) is 14.5. The number of hydrogen-bond acceptors (Lipinski definition) is 8. The van der Waals surface area contributed by atoms with Crippen LogP contribution < -0.4 is 0 Å². The van der Waals surface area contributed by atoms with Crippen LogP contribution in [-0.2, 0) is 59.6 Å². The van der Waals surface area contributed by atoms with Crippen molar-refractivity contribution in [3.63, 3.8) is 0 Å². The molecule has 9 heteroatoms. The van der Waals surface area contributed by atoms with Gasteiger partial charge in [0, 0.05) is 18.3 Å². The summed E-state index contributed by atoms with van der Waals surface area (Å²) in [5.74, 6) is -0.485. The summed E-state index contributed by atoms with van der Waals surface area (Å²) in [6, 6.07) is 38.5. The van der Waals surface area contributed by atoms with Crippen molar-refractivity contribution in [3.8, 4) is 0 Å². The minimum absolute atomic E-state index is 0.0739. The molecule has 0 spiro atoms. The SMILES string of the molecule is CC(C)(C)[C@@H]1OC(=O)[C@H](C[C@@H]2C[C@@H](OCc3ccccc3)[C@H](OCc3ccccc3)[C@@H](COCc3ccccc3)O2)N1C(=O)OCc1ccccc1. The summed E-state index contributed by atoms with van der Waals surface area (Å²) in [4.78, 5) is 28.8. The molecule has 2 aliphatic rings. The quantitative estimate of drug-likeness (QED) is 0.122. The van der Waals surface area contributed by atoms with Crippen molar-refractivity contribution in [1.29, 1.82) is 0 Å². The van der Waals surface area contributed by atoms with Crippen LogP contribution in [0.4, 0.5) is 4.79 Å². The summed E-state index contributed by atoms with van der Waals surface area (Å²) in [5, 5.41) is 0. The van der Waals surface area contributed by atoms with E-state index in [-0.39, 0.29) is 19.6 Å². The highest BCUT2D eigenvalue weighted by Gasteiger charge is 2.52. The Morgan fingerprint density at radius 1 is 0.712 bits per heavy atom. The molecule has 2 saturated heterocycles. The Morgan fingerprint density at radius 2 is 1.21 bits per heavy atom. The van der Waals surface area contributed by atoms with Gasteiger partial charge in [-0.1, -0.05) is 142 Å². The monoisotopic (exact) mass is 707 g/mol. The smallest absolute Gasteiger partial charge is 0.413 e. The van der Waals surface area contributed by atoms with Crippen LogP contribution >= 0.6 is 0 Å². The van der Waals surface area contributed by atoms with E-state index in [2.05, 4.69) is 0 Å². The van der Waals surface area contributed by atoms with Gasteiger partial charge in [0.15, 0.2) is 6.23 Å². The fraction of sp³-hybridized carbons (Fsp3) is 0.395. The van der Waals surface area contributed by atoms with Crippen LogP contribution in [0.15, 0.2) is 121 Å². The van der Waals surface area contributed by atoms with Gasteiger partial charge in [-0.05, 0) is 22.3 Å². The van der Waals surface area contributed by atoms with E-state index in [1.165, 1.54) is 4.90 Å². The molecule has 0 radical (unpaired) electrons. The summed E-state index contributed by atoms with van der Waals surface area (Å²) >= 11 is 0. The molecule has 2 aliphatic heterocycles. The van der Waals surface area contributed by atoms with Gasteiger partial charge in [-0.3, -0.25) is 4.90 Å². The number of hydrogen-bond donors (Lipinski definition) is 0. The molecule has 0 aliphatic carbocycles. The lowest BCUT2D eigenvalue weighted by Gasteiger charge is -2.42. The zero-order valence-electron chi connectivity index (χ0n) is 30.2. The van der Waals surface area contributed by atoms with Crippen molar-refractivity contribution in [2.45, 2.75) is 96.7 Å². The van der Waals surface area contributed by atoms with Gasteiger partial charge in [0.1, 0.15) is 24.9 Å². The van der Waals surface area contributed by atoms with Crippen molar-refractivity contribution in [2.24, 2.45) is 5.41 Å². The number of cyclic esters (lactones) is 1. The van der Waals surface area contributed by atoms with E-state index in [9.17, 15) is 9.59 Å². The normalized spacial score (nSPS) is 23.3. The first-order chi connectivity index (χ1) is 25.2. The zero-order chi connectivity index (χ0) is 36.3. The molecule has 6 atom stereocenters. The maximum absolute atomic E-state index is 13.8. The third kappa shape index (κ3) is 10.1. The summed E-state index contributed by atoms with van der Waals surface area (Å²) in [5.41, 5.74) is 3.39. The van der Waals surface area contributed by atoms with Crippen LogP contribution in [0.1, 0.15) is 55.9 Å². The van der Waals surface area contributed by atoms with Crippen molar-refractivity contribution >= 4 is 12.1 Å². The Balaban J connectivity index is 1.24. The maximum Gasteiger partial charge on any atom is 0.413 e. The van der Waals surface area contributed by atoms with Gasteiger partial charge in [-0.25, -0.2) is 9.59 Å². The largest absolute Gasteiger partial charge is 0.444 e. The minimum atomic E-state index is -0.917. The third-order valence-electron chi connectivity index (χ3n) is 9.31. The van der Waals surface area contributed by atoms with Crippen LogP contribution in [0, 0.1) is 5.41 Å². The molecule has 0 saturated carbocycles. The van der Waals surface area contributed by atoms with E-state index >= 15 is 0 Å². The van der Waals surface area contributed by atoms with Crippen molar-refractivity contribution in [2.75, 3.05) is 6.61 Å². The number of carbonyl (C=O) groups is 2. The molecule has 52 heavy (non-hydrogen) atoms. The number of rotatable bonds is 14. The average Bonchev–Trinajstić information content (AvgIpc) is 3.50. The lowest BCUT2D eigenvalue weighted by atomic mass is 9.91. The first kappa shape index (κ1) is 37.2. The second kappa shape index (κ2) is 17.8. The molecule has 274 valence electrons. The average molecular weight is 708 g/mol. The zero-order valence-corrected chi connectivity index (χ0v) is 30.2. The molecule has 2 fully saturated rings. The number of esters is 1. The summed E-state index contributed by atoms with van der Waals surface area (Å²) in [6.07, 6.45) is -2.68. The molecule has 6 rings (SSSR count). The fourth-order valence-electron chi connectivity index (χ4n) is 6.68. The van der Waals surface area contributed by atoms with Gasteiger partial charge < -0.3 is 28.4 Å². The fourth-order valence-corrected chi connectivity index (χ4v) is 6.68. The van der Waals surface area contributed by atoms with Gasteiger partial charge >= 0.3 is 12.1 Å². The van der Waals surface area contributed by atoms with Gasteiger partial charge in [0.25, 0.3) is 0 Å². The number of ether oxygens (including phenoxy) is 6. The van der Waals surface area contributed by atoms with E-state index in [1.807, 2.05) is 142 Å². The Morgan fingerprint density at radius 3 is 1.75 bits per heavy atom. The van der Waals surface area contributed by atoms with E-state index in [0.29, 0.717) is 26.2 Å². The van der Waals surface area contributed by atoms with Crippen LogP contribution in [0.5, 0.6) is 0 Å². The summed E-state index contributed by atoms with van der Waals surface area (Å²) < 4.78 is 38.0. The van der Waals surface area contributed by atoms with Crippen LogP contribution in [0.2, 0.25) is 0 Å². The van der Waals surface area contributed by atoms with Crippen molar-refractivity contribution in [3.05, 3.63) is 144 Å². The van der Waals surface area contributed by atoms with E-state index in [1.54, 1.807) is 0 Å². The predicted molar refractivity (Wildman–Crippen MR) is 196 cm³/mol. The Bertz CT molecular complexity index is 1680. The predicted octanol–water partition coefficient (Wildman–Crippen LogP) is 7.86. The van der Waals surface area contributed by atoms with E-state index < -0.39 is 54.2 Å². The lowest BCUT2D eigenvalue weighted by Crippen LogP contribution is -2.54. The van der Waals surface area contributed by atoms with Gasteiger partial charge in [0.05, 0.1) is 38.6 Å². The van der Waals surface area contributed by atoms with Crippen molar-refractivity contribution in [1.82, 2.24) is 4.90 Å². The number of amides is 1. The Labute approximate surface area is 306 Å². The van der Waals surface area contributed by atoms with E-state index in [0.717, 1.165) is 22.3 Å². The summed E-state index contributed by atoms with van der Waals surface area (Å²) in [7, 11) is 0. The number of benzene rings is 4. The topological polar surface area (TPSA) is 92.8 Å².